The third-order valence-corrected chi connectivity index (χ3v) is 7.90. The van der Waals surface area contributed by atoms with E-state index in [1.165, 1.54) is 0 Å². The average molecular weight is 492 g/mol. The van der Waals surface area contributed by atoms with E-state index in [4.69, 9.17) is 14.6 Å². The normalized spacial score (nSPS) is 25.5. The smallest absolute Gasteiger partial charge is 0.147 e. The molecule has 0 saturated heterocycles. The molecule has 1 aromatic carbocycles. The third kappa shape index (κ3) is 4.14. The first-order chi connectivity index (χ1) is 17.0. The number of halogens is 1. The minimum Gasteiger partial charge on any atom is -0.494 e. The van der Waals surface area contributed by atoms with Gasteiger partial charge in [-0.1, -0.05) is 53.0 Å². The highest BCUT2D eigenvalue weighted by atomic mass is 19.1. The van der Waals surface area contributed by atoms with Crippen molar-refractivity contribution in [3.63, 3.8) is 0 Å². The quantitative estimate of drug-likeness (QED) is 0.390. The van der Waals surface area contributed by atoms with Crippen LogP contribution >= 0.6 is 0 Å². The summed E-state index contributed by atoms with van der Waals surface area (Å²) in [6.45, 7) is 20.9. The lowest BCUT2D eigenvalue weighted by Crippen LogP contribution is -2.47. The van der Waals surface area contributed by atoms with Gasteiger partial charge >= 0.3 is 0 Å². The maximum atomic E-state index is 14.4. The van der Waals surface area contributed by atoms with Crippen molar-refractivity contribution in [2.75, 3.05) is 13.2 Å². The van der Waals surface area contributed by atoms with E-state index in [1.807, 2.05) is 26.0 Å². The van der Waals surface area contributed by atoms with Crippen molar-refractivity contribution in [2.45, 2.75) is 72.1 Å². The fourth-order valence-electron chi connectivity index (χ4n) is 5.74. The van der Waals surface area contributed by atoms with E-state index in [2.05, 4.69) is 61.9 Å². The molecule has 36 heavy (non-hydrogen) atoms. The number of alkyl halides is 1. The largest absolute Gasteiger partial charge is 0.494 e. The summed E-state index contributed by atoms with van der Waals surface area (Å²) in [5, 5.41) is 6.09. The van der Waals surface area contributed by atoms with E-state index >= 15 is 0 Å². The topological polar surface area (TPSA) is 39.5 Å². The van der Waals surface area contributed by atoms with Gasteiger partial charge in [0.05, 0.1) is 37.2 Å². The lowest BCUT2D eigenvalue weighted by atomic mass is 9.71. The molecule has 6 heteroatoms. The number of hydrogen-bond acceptors (Lipinski definition) is 4. The Bertz CT molecular complexity index is 1270. The lowest BCUT2D eigenvalue weighted by molar-refractivity contribution is -0.0157. The molecule has 0 spiro atoms. The minimum atomic E-state index is -1.01. The van der Waals surface area contributed by atoms with E-state index in [9.17, 15) is 4.39 Å². The minimum absolute atomic E-state index is 0.0101. The first kappa shape index (κ1) is 24.7. The van der Waals surface area contributed by atoms with Crippen LogP contribution in [0.15, 0.2) is 60.5 Å². The van der Waals surface area contributed by atoms with Gasteiger partial charge < -0.3 is 14.4 Å². The number of hydrogen-bond donors (Lipinski definition) is 0. The predicted octanol–water partition coefficient (Wildman–Crippen LogP) is 7.02. The Balaban J connectivity index is 1.52. The summed E-state index contributed by atoms with van der Waals surface area (Å²) in [6, 6.07) is 6.27. The highest BCUT2D eigenvalue weighted by Crippen LogP contribution is 2.46. The van der Waals surface area contributed by atoms with Gasteiger partial charge in [-0.25, -0.2) is 4.39 Å². The van der Waals surface area contributed by atoms with Crippen molar-refractivity contribution in [1.82, 2.24) is 14.7 Å². The number of aromatic nitrogens is 2. The van der Waals surface area contributed by atoms with Crippen LogP contribution in [0.4, 0.5) is 4.39 Å². The zero-order chi connectivity index (χ0) is 25.8. The Morgan fingerprint density at radius 2 is 2.00 bits per heavy atom. The van der Waals surface area contributed by atoms with Crippen molar-refractivity contribution in [3.05, 3.63) is 66.2 Å². The third-order valence-electron chi connectivity index (χ3n) is 7.90. The zero-order valence-electron chi connectivity index (χ0n) is 22.2. The molecular weight excluding hydrogens is 453 g/mol. The zero-order valence-corrected chi connectivity index (χ0v) is 22.2. The van der Waals surface area contributed by atoms with Crippen molar-refractivity contribution in [1.29, 1.82) is 0 Å². The second-order valence-electron chi connectivity index (χ2n) is 11.5. The van der Waals surface area contributed by atoms with E-state index < -0.39 is 5.67 Å². The second kappa shape index (κ2) is 8.82. The van der Waals surface area contributed by atoms with Crippen molar-refractivity contribution < 1.29 is 13.9 Å². The standard InChI is InChI=1S/C30H38FN3O2/c1-8-30(31)14-21(15-30)18-36-25-12-10-11-22-27(25)32-34-17-26(29(5,6)7)33-16-23(20(4)35-9-2)19(3)13-24(33)28(22)34/h10-13,16,21,26H,3-4,8-9,14-15,17-18H2,1-2,5-7H3. The average Bonchev–Trinajstić information content (AvgIpc) is 3.19. The van der Waals surface area contributed by atoms with Gasteiger partial charge in [-0.3, -0.25) is 4.68 Å². The van der Waals surface area contributed by atoms with Crippen molar-refractivity contribution >= 4 is 16.6 Å². The Kier molecular flexibility index (Phi) is 6.05. The van der Waals surface area contributed by atoms with Crippen LogP contribution in [-0.4, -0.2) is 39.6 Å². The summed E-state index contributed by atoms with van der Waals surface area (Å²) in [5.41, 5.74) is 3.77. The van der Waals surface area contributed by atoms with Gasteiger partial charge in [-0.15, -0.1) is 0 Å². The van der Waals surface area contributed by atoms with Gasteiger partial charge in [0.25, 0.3) is 0 Å². The summed E-state index contributed by atoms with van der Waals surface area (Å²) in [4.78, 5) is 2.35. The maximum Gasteiger partial charge on any atom is 0.147 e. The SMILES string of the molecule is C=C1C=C2c3c4cccc(OCC5CC(F)(CC)C5)c4nn3CC(C(C)(C)C)N2C=C1C(=C)OCC. The molecule has 3 aliphatic rings. The summed E-state index contributed by atoms with van der Waals surface area (Å²) >= 11 is 0. The second-order valence-corrected chi connectivity index (χ2v) is 11.5. The van der Waals surface area contributed by atoms with Crippen LogP contribution in [0.1, 0.15) is 59.6 Å². The number of benzene rings is 1. The summed E-state index contributed by atoms with van der Waals surface area (Å²) in [6.07, 6.45) is 6.00. The van der Waals surface area contributed by atoms with E-state index in [-0.39, 0.29) is 17.4 Å². The molecule has 1 aromatic heterocycles. The molecule has 0 N–H and O–H groups in total. The number of nitrogens with zero attached hydrogens (tertiary/aromatic N) is 3. The molecule has 0 radical (unpaired) electrons. The molecule has 1 saturated carbocycles. The highest BCUT2D eigenvalue weighted by Gasteiger charge is 2.44. The Hall–Kier alpha value is -3.02. The van der Waals surface area contributed by atoms with Crippen LogP contribution in [0.2, 0.25) is 0 Å². The molecule has 3 heterocycles. The molecule has 1 fully saturated rings. The van der Waals surface area contributed by atoms with Gasteiger partial charge in [0.1, 0.15) is 22.7 Å². The summed E-state index contributed by atoms with van der Waals surface area (Å²) in [5.74, 6) is 1.66. The van der Waals surface area contributed by atoms with Crippen LogP contribution in [0.25, 0.3) is 16.6 Å². The summed E-state index contributed by atoms with van der Waals surface area (Å²) in [7, 11) is 0. The molecule has 5 rings (SSSR count). The lowest BCUT2D eigenvalue weighted by Gasteiger charge is -2.46. The van der Waals surface area contributed by atoms with Crippen LogP contribution in [-0.2, 0) is 11.3 Å². The number of allylic oxidation sites excluding steroid dienone is 2. The molecule has 0 bridgehead atoms. The number of fused-ring (bicyclic) bond motifs is 5. The van der Waals surface area contributed by atoms with Gasteiger partial charge in [0.2, 0.25) is 0 Å². The van der Waals surface area contributed by atoms with E-state index in [0.717, 1.165) is 45.7 Å². The van der Waals surface area contributed by atoms with Crippen LogP contribution in [0.5, 0.6) is 5.75 Å². The van der Waals surface area contributed by atoms with Crippen LogP contribution < -0.4 is 4.74 Å². The fraction of sp³-hybridized carbons (Fsp3) is 0.500. The molecule has 2 aromatic rings. The number of rotatable bonds is 7. The summed E-state index contributed by atoms with van der Waals surface area (Å²) < 4.78 is 28.4. The maximum absolute atomic E-state index is 14.4. The highest BCUT2D eigenvalue weighted by molar-refractivity contribution is 5.95. The molecular formula is C30H38FN3O2. The van der Waals surface area contributed by atoms with Gasteiger partial charge in [-0.05, 0) is 55.2 Å². The molecule has 192 valence electrons. The van der Waals surface area contributed by atoms with Crippen molar-refractivity contribution in [2.24, 2.45) is 11.3 Å². The molecule has 2 aliphatic heterocycles. The first-order valence-corrected chi connectivity index (χ1v) is 13.1. The first-order valence-electron chi connectivity index (χ1n) is 13.1. The predicted molar refractivity (Wildman–Crippen MR) is 143 cm³/mol. The molecule has 1 atom stereocenters. The Morgan fingerprint density at radius 1 is 1.25 bits per heavy atom. The van der Waals surface area contributed by atoms with Crippen LogP contribution in [0.3, 0.4) is 0 Å². The van der Waals surface area contributed by atoms with E-state index in [0.29, 0.717) is 38.2 Å². The van der Waals surface area contributed by atoms with Gasteiger partial charge in [0.15, 0.2) is 0 Å². The Labute approximate surface area is 213 Å². The van der Waals surface area contributed by atoms with Gasteiger partial charge in [-0.2, -0.15) is 5.10 Å². The molecule has 0 amide bonds. The van der Waals surface area contributed by atoms with Crippen LogP contribution in [0, 0.1) is 11.3 Å². The molecule has 1 unspecified atom stereocenters. The molecule has 5 nitrogen and oxygen atoms in total. The monoisotopic (exact) mass is 491 g/mol. The fourth-order valence-corrected chi connectivity index (χ4v) is 5.74. The van der Waals surface area contributed by atoms with E-state index in [1.54, 1.807) is 0 Å². The number of ether oxygens (including phenoxy) is 2. The molecule has 1 aliphatic carbocycles. The van der Waals surface area contributed by atoms with Gasteiger partial charge in [0, 0.05) is 17.2 Å². The Morgan fingerprint density at radius 3 is 2.67 bits per heavy atom. The van der Waals surface area contributed by atoms with Crippen molar-refractivity contribution in [3.8, 4) is 5.75 Å².